The number of benzene rings is 11. The minimum atomic E-state index is -3.12. The molecule has 49 heteroatoms. The summed E-state index contributed by atoms with van der Waals surface area (Å²) in [7, 11) is 1.77. The number of hydrogen-bond donors (Lipinski definition) is 28. The zero-order valence-electron chi connectivity index (χ0n) is 66.9. The van der Waals surface area contributed by atoms with Crippen molar-refractivity contribution in [3.05, 3.63) is 207 Å². The number of rotatable bonds is 24. The summed E-state index contributed by atoms with van der Waals surface area (Å²) < 4.78 is 60.4. The fourth-order valence-electron chi connectivity index (χ4n) is 11.9. The van der Waals surface area contributed by atoms with E-state index in [9.17, 15) is 166 Å². The first-order valence-electron chi connectivity index (χ1n) is 37.0. The van der Waals surface area contributed by atoms with Gasteiger partial charge in [-0.1, -0.05) is 12.1 Å². The Morgan fingerprint density at radius 2 is 0.500 bits per heavy atom. The van der Waals surface area contributed by atoms with Crippen LogP contribution in [0.2, 0.25) is 0 Å². The summed E-state index contributed by atoms with van der Waals surface area (Å²) in [5.41, 5.74) is -9.16. The lowest BCUT2D eigenvalue weighted by atomic mass is 9.97. The molecule has 0 saturated carbocycles. The van der Waals surface area contributed by atoms with Crippen LogP contribution in [-0.4, -0.2) is 248 Å². The lowest BCUT2D eigenvalue weighted by molar-refractivity contribution is -0.282. The Balaban J connectivity index is 0.00000133. The van der Waals surface area contributed by atoms with Crippen molar-refractivity contribution in [3.8, 4) is 178 Å². The highest BCUT2D eigenvalue weighted by molar-refractivity contribution is 6.00. The summed E-state index contributed by atoms with van der Waals surface area (Å²) in [4.78, 5) is 142. The Kier molecular flexibility index (Phi) is 27.7. The lowest BCUT2D eigenvalue weighted by Crippen LogP contribution is -2.63. The first-order chi connectivity index (χ1) is 63.1. The van der Waals surface area contributed by atoms with Crippen molar-refractivity contribution in [2.75, 3.05) is 20.2 Å². The molecule has 6 atom stereocenters. The van der Waals surface area contributed by atoms with Crippen molar-refractivity contribution in [1.29, 1.82) is 0 Å². The van der Waals surface area contributed by atoms with E-state index in [-0.39, 0.29) is 5.75 Å². The molecule has 698 valence electrons. The van der Waals surface area contributed by atoms with Crippen molar-refractivity contribution in [2.24, 2.45) is 0 Å². The maximum atomic E-state index is 15.3. The highest BCUT2D eigenvalue weighted by Gasteiger charge is 2.55. The van der Waals surface area contributed by atoms with Gasteiger partial charge in [0.15, 0.2) is 156 Å². The number of aromatic hydroxyl groups is 26. The Morgan fingerprint density at radius 3 is 0.754 bits per heavy atom. The molecular weight excluding hydrogens is 1800 g/mol. The van der Waals surface area contributed by atoms with Crippen LogP contribution in [0.25, 0.3) is 0 Å². The standard InChI is InChI=1S/C76H52O46.C9H13NO2/c77-32-1-22(2-33(78)53(32)92)67(103)113-47-16-27(11-42(87)58(47)97)66(102)112-21-52-63(119-72(108)28-12-43(88)59(98)48(17-28)114-68(104)23-3-34(79)54(93)35(80)4-23)64(120-73(109)29-13-44(89)60(99)49(18-29)115-69(105)24-5-36(81)55(94)37(82)6-24)65(121-74(110)30-14-45(90)61(100)50(19-30)116-70(106)25-7-38(83)56(95)39(84)8-25)76(118-52)122-75(111)31-15-46(91)62(101)51(20-31)117-71(107)26-9-40(85)57(96)41(86)10-26;1-10-6-9(12)7-3-2-4-8(11)5-7/h1-20,52,63-65,76-101H,21H2;2-5,9-12H,6H2,1H3/t52-,63-,64+,65-,76+;9-/m10/s1. The predicted octanol–water partition coefficient (Wildman–Crippen LogP) is 5.48. The van der Waals surface area contributed by atoms with Crippen LogP contribution in [0.5, 0.6) is 178 Å². The fourth-order valence-corrected chi connectivity index (χ4v) is 11.9. The van der Waals surface area contributed by atoms with E-state index >= 15 is 14.4 Å². The van der Waals surface area contributed by atoms with Gasteiger partial charge in [-0.3, -0.25) is 0 Å². The second-order valence-corrected chi connectivity index (χ2v) is 27.8. The molecule has 134 heavy (non-hydrogen) atoms. The molecule has 1 aliphatic rings. The van der Waals surface area contributed by atoms with Crippen LogP contribution in [-0.2, 0) is 28.4 Å². The van der Waals surface area contributed by atoms with Crippen LogP contribution in [0.1, 0.15) is 115 Å². The maximum absolute atomic E-state index is 15.3. The van der Waals surface area contributed by atoms with E-state index in [2.05, 4.69) is 5.32 Å². The largest absolute Gasteiger partial charge is 0.508 e. The molecule has 11 aromatic rings. The number of phenols is 26. The number of ether oxygens (including phenoxy) is 11. The number of phenolic OH excluding ortho intramolecular Hbond substituents is 26. The van der Waals surface area contributed by atoms with Crippen molar-refractivity contribution in [1.82, 2.24) is 5.32 Å². The van der Waals surface area contributed by atoms with Gasteiger partial charge in [0.2, 0.25) is 41.1 Å². The van der Waals surface area contributed by atoms with E-state index in [0.29, 0.717) is 128 Å². The average Bonchev–Trinajstić information content (AvgIpc) is 0.761. The predicted molar refractivity (Wildman–Crippen MR) is 430 cm³/mol. The number of carbonyl (C=O) groups is 10. The number of likely N-dealkylation sites (N-methyl/N-ethyl adjacent to an activating group) is 1. The summed E-state index contributed by atoms with van der Waals surface area (Å²) in [6.45, 7) is -1.22. The summed E-state index contributed by atoms with van der Waals surface area (Å²) in [6, 6.07) is 15.2. The Hall–Kier alpha value is -19.2. The van der Waals surface area contributed by atoms with Gasteiger partial charge in [0.1, 0.15) is 18.5 Å². The summed E-state index contributed by atoms with van der Waals surface area (Å²) >= 11 is 0. The summed E-state index contributed by atoms with van der Waals surface area (Å²) in [5, 5.41) is 283. The quantitative estimate of drug-likeness (QED) is 0.0154. The number of esters is 10. The molecule has 0 aromatic heterocycles. The van der Waals surface area contributed by atoms with E-state index in [0.717, 1.165) is 5.56 Å². The number of hydrogen-bond acceptors (Lipinski definition) is 49. The highest BCUT2D eigenvalue weighted by Crippen LogP contribution is 2.48. The molecular formula is C85H65NO48. The first kappa shape index (κ1) is 95.5. The monoisotopic (exact) mass is 1870 g/mol. The molecule has 0 bridgehead atoms. The van der Waals surface area contributed by atoms with Gasteiger partial charge in [-0.2, -0.15) is 0 Å². The van der Waals surface area contributed by atoms with Gasteiger partial charge in [0.25, 0.3) is 0 Å². The molecule has 0 spiro atoms. The molecule has 1 fully saturated rings. The summed E-state index contributed by atoms with van der Waals surface area (Å²) in [5.74, 6) is -55.8. The van der Waals surface area contributed by atoms with Gasteiger partial charge < -0.3 is 195 Å². The van der Waals surface area contributed by atoms with E-state index in [4.69, 9.17) is 57.2 Å². The van der Waals surface area contributed by atoms with E-state index in [1.807, 2.05) is 0 Å². The van der Waals surface area contributed by atoms with Gasteiger partial charge in [0, 0.05) is 6.54 Å². The smallest absolute Gasteiger partial charge is 0.343 e. The van der Waals surface area contributed by atoms with Crippen molar-refractivity contribution in [2.45, 2.75) is 36.8 Å². The lowest BCUT2D eigenvalue weighted by Gasteiger charge is -2.43. The topological polar surface area (TPSA) is 830 Å². The van der Waals surface area contributed by atoms with Crippen molar-refractivity contribution in [3.63, 3.8) is 0 Å². The second-order valence-electron chi connectivity index (χ2n) is 27.8. The third kappa shape index (κ3) is 21.1. The normalized spacial score (nSPS) is 14.5. The highest BCUT2D eigenvalue weighted by atomic mass is 16.8. The Labute approximate surface area is 742 Å². The number of aliphatic hydroxyl groups excluding tert-OH is 1. The third-order valence-corrected chi connectivity index (χ3v) is 18.6. The number of nitrogens with one attached hydrogen (secondary N) is 1. The molecule has 28 N–H and O–H groups in total. The molecule has 1 saturated heterocycles. The minimum Gasteiger partial charge on any atom is -0.508 e. The molecule has 49 nitrogen and oxygen atoms in total. The molecule has 0 unspecified atom stereocenters. The minimum absolute atomic E-state index is 0.183. The zero-order chi connectivity index (χ0) is 98.4. The first-order valence-corrected chi connectivity index (χ1v) is 37.0. The van der Waals surface area contributed by atoms with Gasteiger partial charge in [0.05, 0.1) is 61.7 Å². The molecule has 1 aliphatic heterocycles. The van der Waals surface area contributed by atoms with Crippen LogP contribution < -0.4 is 29.0 Å². The van der Waals surface area contributed by atoms with Crippen LogP contribution in [0.4, 0.5) is 0 Å². The van der Waals surface area contributed by atoms with E-state index < -0.39 is 331 Å². The van der Waals surface area contributed by atoms with Gasteiger partial charge in [-0.25, -0.2) is 47.9 Å². The van der Waals surface area contributed by atoms with Gasteiger partial charge >= 0.3 is 59.7 Å². The number of carbonyl (C=O) groups excluding carboxylic acids is 10. The Morgan fingerprint density at radius 1 is 0.276 bits per heavy atom. The van der Waals surface area contributed by atoms with Gasteiger partial charge in [-0.15, -0.1) is 0 Å². The number of aliphatic hydroxyl groups is 1. The van der Waals surface area contributed by atoms with Crippen LogP contribution in [0.15, 0.2) is 146 Å². The van der Waals surface area contributed by atoms with Crippen molar-refractivity contribution >= 4 is 59.7 Å². The Bertz CT molecular complexity index is 6500. The molecule has 0 radical (unpaired) electrons. The SMILES string of the molecule is CNC[C@H](O)c1cccc(O)c1.O=C(OC[C@H]1O[C@@H](OC(=O)c2cc(O)c(O)c(OC(=O)c3cc(O)c(O)c(O)c3)c2)[C@H](OC(=O)c2cc(O)c(O)c(OC(=O)c3cc(O)c(O)c(O)c3)c2)[C@@H](OC(=O)c2cc(O)c(O)c(OC(=O)c3cc(O)c(O)c(O)c3)c2)[C@@H]1OC(=O)c1cc(O)c(O)c(OC(=O)c2cc(O)c(O)c(O)c2)c1)c1cc(O)c(O)c(OC(=O)c2cc(O)c(O)c(O)c2)c1. The second kappa shape index (κ2) is 39.0. The fraction of sp³-hybridized carbons (Fsp3) is 0.106. The van der Waals surface area contributed by atoms with Crippen molar-refractivity contribution < 1.29 is 238 Å². The average molecular weight is 1870 g/mol. The molecule has 0 aliphatic carbocycles. The molecule has 12 rings (SSSR count). The van der Waals surface area contributed by atoms with Crippen LogP contribution in [0.3, 0.4) is 0 Å². The molecule has 1 heterocycles. The summed E-state index contributed by atoms with van der Waals surface area (Å²) in [6.07, 6.45) is -15.6. The van der Waals surface area contributed by atoms with Gasteiger partial charge in [-0.05, 0) is 146 Å². The third-order valence-electron chi connectivity index (χ3n) is 18.6. The van der Waals surface area contributed by atoms with Crippen LogP contribution in [0, 0.1) is 0 Å². The maximum Gasteiger partial charge on any atom is 0.343 e. The van der Waals surface area contributed by atoms with E-state index in [1.54, 1.807) is 31.3 Å². The van der Waals surface area contributed by atoms with Crippen LogP contribution >= 0.6 is 0 Å². The molecule has 11 aromatic carbocycles. The molecule has 0 amide bonds. The zero-order valence-corrected chi connectivity index (χ0v) is 66.9. The van der Waals surface area contributed by atoms with E-state index in [1.165, 1.54) is 0 Å².